The molecule has 1 N–H and O–H groups in total. The molecule has 0 aliphatic carbocycles. The van der Waals surface area contributed by atoms with Crippen LogP contribution < -0.4 is 5.32 Å². The van der Waals surface area contributed by atoms with Gasteiger partial charge in [0.25, 0.3) is 0 Å². The zero-order chi connectivity index (χ0) is 20.6. The summed E-state index contributed by atoms with van der Waals surface area (Å²) in [6, 6.07) is 10.2. The maximum atomic E-state index is 13.1. The van der Waals surface area contributed by atoms with Crippen LogP contribution in [0.25, 0.3) is 10.2 Å². The van der Waals surface area contributed by atoms with Crippen LogP contribution in [0.1, 0.15) is 12.8 Å². The third-order valence-electron chi connectivity index (χ3n) is 4.88. The Hall–Kier alpha value is -2.07. The van der Waals surface area contributed by atoms with E-state index in [9.17, 15) is 17.6 Å². The van der Waals surface area contributed by atoms with E-state index in [0.29, 0.717) is 28.5 Å². The first-order valence-electron chi connectivity index (χ1n) is 8.96. The van der Waals surface area contributed by atoms with Crippen LogP contribution in [0.15, 0.2) is 47.4 Å². The van der Waals surface area contributed by atoms with Crippen molar-refractivity contribution < 1.29 is 17.6 Å². The molecule has 1 amide bonds. The molecule has 3 aromatic rings. The number of hydrogen-bond acceptors (Lipinski definition) is 5. The Kier molecular flexibility index (Phi) is 5.56. The van der Waals surface area contributed by atoms with E-state index in [4.69, 9.17) is 11.6 Å². The van der Waals surface area contributed by atoms with E-state index in [1.165, 1.54) is 27.8 Å². The van der Waals surface area contributed by atoms with Gasteiger partial charge in [-0.1, -0.05) is 29.0 Å². The van der Waals surface area contributed by atoms with E-state index in [1.54, 1.807) is 6.07 Å². The van der Waals surface area contributed by atoms with E-state index < -0.39 is 15.8 Å². The Morgan fingerprint density at radius 3 is 2.52 bits per heavy atom. The molecule has 152 valence electrons. The lowest BCUT2D eigenvalue weighted by atomic mass is 9.97. The van der Waals surface area contributed by atoms with E-state index >= 15 is 0 Å². The van der Waals surface area contributed by atoms with Crippen molar-refractivity contribution in [3.63, 3.8) is 0 Å². The predicted molar refractivity (Wildman–Crippen MR) is 111 cm³/mol. The molecular weight excluding hydrogens is 437 g/mol. The standard InChI is InChI=1S/C19H17ClFN3O3S2/c20-15-2-1-3-16-17(15)22-19(28-16)23-18(25)12-8-10-24(11-9-12)29(26,27)14-6-4-13(21)5-7-14/h1-7,12H,8-11H2,(H,22,23,25). The van der Waals surface area contributed by atoms with Gasteiger partial charge in [0.15, 0.2) is 5.13 Å². The lowest BCUT2D eigenvalue weighted by molar-refractivity contribution is -0.120. The number of carbonyl (C=O) groups excluding carboxylic acids is 1. The quantitative estimate of drug-likeness (QED) is 0.644. The van der Waals surface area contributed by atoms with Gasteiger partial charge in [0.05, 0.1) is 14.6 Å². The molecule has 0 radical (unpaired) electrons. The molecule has 1 fully saturated rings. The second-order valence-corrected chi connectivity index (χ2v) is 10.1. The highest BCUT2D eigenvalue weighted by Gasteiger charge is 2.32. The molecule has 4 rings (SSSR count). The number of nitrogens with zero attached hydrogens (tertiary/aromatic N) is 2. The maximum Gasteiger partial charge on any atom is 0.243 e. The van der Waals surface area contributed by atoms with Gasteiger partial charge in [-0.25, -0.2) is 17.8 Å². The van der Waals surface area contributed by atoms with E-state index in [1.807, 2.05) is 12.1 Å². The highest BCUT2D eigenvalue weighted by molar-refractivity contribution is 7.89. The van der Waals surface area contributed by atoms with Gasteiger partial charge in [0.1, 0.15) is 11.3 Å². The first-order valence-corrected chi connectivity index (χ1v) is 11.6. The van der Waals surface area contributed by atoms with Crippen molar-refractivity contribution in [3.8, 4) is 0 Å². The molecule has 0 spiro atoms. The number of aromatic nitrogens is 1. The van der Waals surface area contributed by atoms with Crippen LogP contribution in [-0.4, -0.2) is 36.7 Å². The topological polar surface area (TPSA) is 79.4 Å². The number of para-hydroxylation sites is 1. The summed E-state index contributed by atoms with van der Waals surface area (Å²) in [6.07, 6.45) is 0.801. The van der Waals surface area contributed by atoms with Gasteiger partial charge in [-0.2, -0.15) is 4.31 Å². The average Bonchev–Trinajstić information content (AvgIpc) is 3.12. The van der Waals surface area contributed by atoms with Gasteiger partial charge in [0.2, 0.25) is 15.9 Å². The fourth-order valence-corrected chi connectivity index (χ4v) is 5.93. The summed E-state index contributed by atoms with van der Waals surface area (Å²) in [6.45, 7) is 0.451. The zero-order valence-electron chi connectivity index (χ0n) is 15.1. The van der Waals surface area contributed by atoms with Crippen LogP contribution in [0.4, 0.5) is 9.52 Å². The zero-order valence-corrected chi connectivity index (χ0v) is 17.5. The SMILES string of the molecule is O=C(Nc1nc2c(Cl)cccc2s1)C1CCN(S(=O)(=O)c2ccc(F)cc2)CC1. The van der Waals surface area contributed by atoms with Gasteiger partial charge in [0, 0.05) is 19.0 Å². The highest BCUT2D eigenvalue weighted by atomic mass is 35.5. The summed E-state index contributed by atoms with van der Waals surface area (Å²) in [5, 5.41) is 3.82. The molecule has 0 atom stereocenters. The van der Waals surface area contributed by atoms with Crippen molar-refractivity contribution in [1.29, 1.82) is 0 Å². The number of hydrogen-bond donors (Lipinski definition) is 1. The lowest BCUT2D eigenvalue weighted by Gasteiger charge is -2.30. The second-order valence-electron chi connectivity index (χ2n) is 6.73. The van der Waals surface area contributed by atoms with Crippen LogP contribution in [0.3, 0.4) is 0 Å². The molecule has 6 nitrogen and oxygen atoms in total. The summed E-state index contributed by atoms with van der Waals surface area (Å²) < 4.78 is 40.6. The summed E-state index contributed by atoms with van der Waals surface area (Å²) in [4.78, 5) is 17.0. The van der Waals surface area contributed by atoms with E-state index in [2.05, 4.69) is 10.3 Å². The Balaban J connectivity index is 1.40. The van der Waals surface area contributed by atoms with E-state index in [-0.39, 0.29) is 29.8 Å². The van der Waals surface area contributed by atoms with Crippen LogP contribution in [0, 0.1) is 11.7 Å². The van der Waals surface area contributed by atoms with Gasteiger partial charge in [-0.15, -0.1) is 0 Å². The fourth-order valence-electron chi connectivity index (χ4n) is 3.29. The Bertz CT molecular complexity index is 1160. The largest absolute Gasteiger partial charge is 0.302 e. The minimum atomic E-state index is -3.70. The van der Waals surface area contributed by atoms with Gasteiger partial charge in [-0.05, 0) is 49.2 Å². The minimum Gasteiger partial charge on any atom is -0.302 e. The van der Waals surface area contributed by atoms with Crippen molar-refractivity contribution in [2.45, 2.75) is 17.7 Å². The number of rotatable bonds is 4. The normalized spacial score (nSPS) is 16.2. The van der Waals surface area contributed by atoms with Crippen LogP contribution in [0.2, 0.25) is 5.02 Å². The summed E-state index contributed by atoms with van der Waals surface area (Å²) >= 11 is 7.46. The Labute approximate surface area is 176 Å². The first-order chi connectivity index (χ1) is 13.8. The maximum absolute atomic E-state index is 13.1. The van der Waals surface area contributed by atoms with Crippen molar-refractivity contribution >= 4 is 54.2 Å². The van der Waals surface area contributed by atoms with Crippen molar-refractivity contribution in [2.75, 3.05) is 18.4 Å². The molecule has 10 heteroatoms. The summed E-state index contributed by atoms with van der Waals surface area (Å²) in [7, 11) is -3.70. The van der Waals surface area contributed by atoms with Gasteiger partial charge in [-0.3, -0.25) is 4.79 Å². The molecule has 0 saturated carbocycles. The third-order valence-corrected chi connectivity index (χ3v) is 8.03. The number of sulfonamides is 1. The summed E-state index contributed by atoms with van der Waals surface area (Å²) in [5.41, 5.74) is 0.648. The number of piperidine rings is 1. The predicted octanol–water partition coefficient (Wildman–Crippen LogP) is 4.13. The Morgan fingerprint density at radius 2 is 1.86 bits per heavy atom. The molecule has 0 bridgehead atoms. The Morgan fingerprint density at radius 1 is 1.17 bits per heavy atom. The van der Waals surface area contributed by atoms with Crippen molar-refractivity contribution in [3.05, 3.63) is 53.3 Å². The minimum absolute atomic E-state index is 0.0492. The molecule has 1 aliphatic rings. The molecule has 1 aromatic heterocycles. The number of halogens is 2. The molecule has 0 unspecified atom stereocenters. The molecule has 2 aromatic carbocycles. The van der Waals surface area contributed by atoms with Crippen LogP contribution in [0.5, 0.6) is 0 Å². The van der Waals surface area contributed by atoms with Crippen LogP contribution in [-0.2, 0) is 14.8 Å². The average molecular weight is 454 g/mol. The number of fused-ring (bicyclic) bond motifs is 1. The molecule has 2 heterocycles. The molecule has 29 heavy (non-hydrogen) atoms. The number of nitrogens with one attached hydrogen (secondary N) is 1. The van der Waals surface area contributed by atoms with Crippen molar-refractivity contribution in [1.82, 2.24) is 9.29 Å². The number of amides is 1. The molecular formula is C19H17ClFN3O3S2. The molecule has 1 saturated heterocycles. The lowest BCUT2D eigenvalue weighted by Crippen LogP contribution is -2.41. The van der Waals surface area contributed by atoms with Gasteiger partial charge < -0.3 is 5.32 Å². The highest BCUT2D eigenvalue weighted by Crippen LogP contribution is 2.31. The number of thiazole rings is 1. The van der Waals surface area contributed by atoms with Crippen molar-refractivity contribution in [2.24, 2.45) is 5.92 Å². The summed E-state index contributed by atoms with van der Waals surface area (Å²) in [5.74, 6) is -0.980. The fraction of sp³-hybridized carbons (Fsp3) is 0.263. The number of carbonyl (C=O) groups is 1. The smallest absolute Gasteiger partial charge is 0.243 e. The van der Waals surface area contributed by atoms with Crippen LogP contribution >= 0.6 is 22.9 Å². The number of benzene rings is 2. The van der Waals surface area contributed by atoms with Gasteiger partial charge >= 0.3 is 0 Å². The van der Waals surface area contributed by atoms with E-state index in [0.717, 1.165) is 16.8 Å². The first kappa shape index (κ1) is 20.2. The second kappa shape index (κ2) is 7.98. The monoisotopic (exact) mass is 453 g/mol. The molecule has 1 aliphatic heterocycles. The third kappa shape index (κ3) is 4.13. The number of anilines is 1.